The highest BCUT2D eigenvalue weighted by Gasteiger charge is 2.32. The van der Waals surface area contributed by atoms with Crippen molar-refractivity contribution in [1.29, 1.82) is 0 Å². The Morgan fingerprint density at radius 3 is 2.58 bits per heavy atom. The second-order valence-electron chi connectivity index (χ2n) is 8.26. The van der Waals surface area contributed by atoms with E-state index >= 15 is 0 Å². The summed E-state index contributed by atoms with van der Waals surface area (Å²) in [6, 6.07) is 13.6. The summed E-state index contributed by atoms with van der Waals surface area (Å²) in [5.74, 6) is 0.165. The summed E-state index contributed by atoms with van der Waals surface area (Å²) >= 11 is 0. The average Bonchev–Trinajstić information content (AvgIpc) is 3.14. The molecular formula is C25H27N5O3. The van der Waals surface area contributed by atoms with Crippen LogP contribution in [0.1, 0.15) is 30.5 Å². The van der Waals surface area contributed by atoms with Crippen molar-refractivity contribution in [3.63, 3.8) is 0 Å². The molecule has 0 aliphatic carbocycles. The third-order valence-corrected chi connectivity index (χ3v) is 5.25. The maximum absolute atomic E-state index is 12.9. The van der Waals surface area contributed by atoms with Crippen molar-refractivity contribution in [1.82, 2.24) is 25.1 Å². The molecule has 0 atom stereocenters. The zero-order valence-electron chi connectivity index (χ0n) is 19.0. The number of pyridine rings is 2. The summed E-state index contributed by atoms with van der Waals surface area (Å²) in [4.78, 5) is 21.1. The van der Waals surface area contributed by atoms with Crippen molar-refractivity contribution in [3.05, 3.63) is 83.9 Å². The number of amides is 1. The molecular weight excluding hydrogens is 418 g/mol. The van der Waals surface area contributed by atoms with E-state index in [0.29, 0.717) is 25.6 Å². The van der Waals surface area contributed by atoms with Crippen LogP contribution in [0.3, 0.4) is 0 Å². The molecule has 4 rings (SSSR count). The molecule has 0 saturated carbocycles. The quantitative estimate of drug-likeness (QED) is 0.424. The zero-order chi connectivity index (χ0) is 23.3. The van der Waals surface area contributed by atoms with Gasteiger partial charge in [0, 0.05) is 38.4 Å². The van der Waals surface area contributed by atoms with Gasteiger partial charge in [-0.1, -0.05) is 12.1 Å². The number of rotatable bonds is 9. The number of nitrogens with one attached hydrogen (secondary N) is 1. The van der Waals surface area contributed by atoms with Crippen molar-refractivity contribution in [3.8, 4) is 5.88 Å². The second kappa shape index (κ2) is 9.79. The first-order chi connectivity index (χ1) is 16.0. The fraction of sp³-hybridized carbons (Fsp3) is 0.280. The molecule has 1 aromatic carbocycles. The molecule has 8 nitrogen and oxygen atoms in total. The van der Waals surface area contributed by atoms with Gasteiger partial charge in [-0.05, 0) is 60.9 Å². The largest absolute Gasteiger partial charge is 0.460 e. The average molecular weight is 446 g/mol. The monoisotopic (exact) mass is 445 g/mol. The first kappa shape index (κ1) is 22.4. The number of benzene rings is 1. The zero-order valence-corrected chi connectivity index (χ0v) is 19.0. The molecule has 0 fully saturated rings. The number of carbonyl (C=O) groups is 1. The number of ether oxygens (including phenoxy) is 2. The molecule has 0 saturated heterocycles. The van der Waals surface area contributed by atoms with E-state index in [9.17, 15) is 4.79 Å². The fourth-order valence-corrected chi connectivity index (χ4v) is 3.50. The van der Waals surface area contributed by atoms with E-state index in [-0.39, 0.29) is 5.91 Å². The molecule has 3 aromatic heterocycles. The number of fused-ring (bicyclic) bond motifs is 1. The van der Waals surface area contributed by atoms with Crippen LogP contribution in [0, 0.1) is 0 Å². The minimum absolute atomic E-state index is 0.234. The molecule has 33 heavy (non-hydrogen) atoms. The van der Waals surface area contributed by atoms with Gasteiger partial charge in [0.15, 0.2) is 5.60 Å². The van der Waals surface area contributed by atoms with Crippen LogP contribution in [0.2, 0.25) is 0 Å². The van der Waals surface area contributed by atoms with Crippen LogP contribution in [0.15, 0.2) is 67.3 Å². The van der Waals surface area contributed by atoms with Crippen molar-refractivity contribution in [2.75, 3.05) is 7.11 Å². The van der Waals surface area contributed by atoms with Crippen LogP contribution in [-0.4, -0.2) is 38.4 Å². The smallest absolute Gasteiger partial charge is 0.263 e. The number of aromatic nitrogens is 4. The molecule has 1 amide bonds. The molecule has 0 radical (unpaired) electrons. The van der Waals surface area contributed by atoms with Gasteiger partial charge in [-0.15, -0.1) is 5.10 Å². The lowest BCUT2D eigenvalue weighted by molar-refractivity contribution is -0.134. The minimum atomic E-state index is -1.13. The predicted octanol–water partition coefficient (Wildman–Crippen LogP) is 3.49. The van der Waals surface area contributed by atoms with Gasteiger partial charge in [-0.25, -0.2) is 0 Å². The Kier molecular flexibility index (Phi) is 6.65. The third-order valence-electron chi connectivity index (χ3n) is 5.25. The van der Waals surface area contributed by atoms with E-state index in [1.165, 1.54) is 0 Å². The molecule has 0 bridgehead atoms. The number of hydrogen-bond acceptors (Lipinski definition) is 6. The van der Waals surface area contributed by atoms with E-state index in [1.807, 2.05) is 53.3 Å². The molecule has 0 unspecified atom stereocenters. The molecule has 0 aliphatic rings. The lowest BCUT2D eigenvalue weighted by Crippen LogP contribution is -2.46. The van der Waals surface area contributed by atoms with E-state index in [1.54, 1.807) is 39.5 Å². The number of nitrogens with zero attached hydrogens (tertiary/aromatic N) is 4. The highest BCUT2D eigenvalue weighted by Crippen LogP contribution is 2.30. The highest BCUT2D eigenvalue weighted by atomic mass is 16.5. The Bertz CT molecular complexity index is 1220. The minimum Gasteiger partial charge on any atom is -0.460 e. The number of carbonyl (C=O) groups excluding carboxylic acids is 1. The van der Waals surface area contributed by atoms with Crippen LogP contribution < -0.4 is 10.1 Å². The summed E-state index contributed by atoms with van der Waals surface area (Å²) in [5, 5.41) is 8.46. The molecule has 1 N–H and O–H groups in total. The van der Waals surface area contributed by atoms with E-state index in [2.05, 4.69) is 15.3 Å². The van der Waals surface area contributed by atoms with Crippen molar-refractivity contribution < 1.29 is 14.3 Å². The standard InChI is InChI=1S/C25H27N5O3/c1-25(2,24(31)28-15-18-8-11-26-12-9-18)33-23-21-13-19(17-32-3)6-7-22(21)30(29-23)16-20-5-4-10-27-14-20/h4-14H,15-17H2,1-3H3,(H,28,31). The van der Waals surface area contributed by atoms with Gasteiger partial charge >= 0.3 is 0 Å². The Balaban J connectivity index is 1.60. The molecule has 170 valence electrons. The van der Waals surface area contributed by atoms with Gasteiger partial charge in [0.25, 0.3) is 5.91 Å². The first-order valence-electron chi connectivity index (χ1n) is 10.7. The van der Waals surface area contributed by atoms with Gasteiger partial charge in [-0.3, -0.25) is 19.4 Å². The topological polar surface area (TPSA) is 91.2 Å². The number of hydrogen-bond donors (Lipinski definition) is 1. The summed E-state index contributed by atoms with van der Waals surface area (Å²) in [5.41, 5.74) is 2.75. The van der Waals surface area contributed by atoms with Crippen LogP contribution in [0.25, 0.3) is 10.9 Å². The van der Waals surface area contributed by atoms with Gasteiger partial charge in [-0.2, -0.15) is 0 Å². The molecule has 0 spiro atoms. The first-order valence-corrected chi connectivity index (χ1v) is 10.7. The maximum Gasteiger partial charge on any atom is 0.263 e. The molecule has 0 aliphatic heterocycles. The highest BCUT2D eigenvalue weighted by molar-refractivity contribution is 5.88. The maximum atomic E-state index is 12.9. The Morgan fingerprint density at radius 2 is 1.85 bits per heavy atom. The lowest BCUT2D eigenvalue weighted by atomic mass is 10.1. The molecule has 8 heteroatoms. The van der Waals surface area contributed by atoms with Gasteiger partial charge in [0.2, 0.25) is 5.88 Å². The van der Waals surface area contributed by atoms with Crippen molar-refractivity contribution in [2.24, 2.45) is 0 Å². The molecule has 3 heterocycles. The van der Waals surface area contributed by atoms with Gasteiger partial charge < -0.3 is 14.8 Å². The van der Waals surface area contributed by atoms with Crippen LogP contribution in [-0.2, 0) is 29.2 Å². The van der Waals surface area contributed by atoms with E-state index in [4.69, 9.17) is 14.6 Å². The predicted molar refractivity (Wildman–Crippen MR) is 125 cm³/mol. The lowest BCUT2D eigenvalue weighted by Gasteiger charge is -2.24. The third kappa shape index (κ3) is 5.35. The Morgan fingerprint density at radius 1 is 1.03 bits per heavy atom. The van der Waals surface area contributed by atoms with E-state index in [0.717, 1.165) is 27.6 Å². The Labute approximate surface area is 192 Å². The SMILES string of the molecule is COCc1ccc2c(c1)c(OC(C)(C)C(=O)NCc1ccncc1)nn2Cc1cccnc1. The van der Waals surface area contributed by atoms with Crippen LogP contribution in [0.4, 0.5) is 0 Å². The summed E-state index contributed by atoms with van der Waals surface area (Å²) < 4.78 is 13.4. The number of methoxy groups -OCH3 is 1. The van der Waals surface area contributed by atoms with Crippen LogP contribution in [0.5, 0.6) is 5.88 Å². The normalized spacial score (nSPS) is 11.5. The summed E-state index contributed by atoms with van der Waals surface area (Å²) in [7, 11) is 1.66. The van der Waals surface area contributed by atoms with Crippen LogP contribution >= 0.6 is 0 Å². The Hall–Kier alpha value is -3.78. The van der Waals surface area contributed by atoms with Gasteiger partial charge in [0.05, 0.1) is 24.1 Å². The van der Waals surface area contributed by atoms with E-state index < -0.39 is 5.60 Å². The second-order valence-corrected chi connectivity index (χ2v) is 8.26. The van der Waals surface area contributed by atoms with Crippen molar-refractivity contribution in [2.45, 2.75) is 39.1 Å². The van der Waals surface area contributed by atoms with Gasteiger partial charge in [0.1, 0.15) is 0 Å². The molecule has 4 aromatic rings. The fourth-order valence-electron chi connectivity index (χ4n) is 3.50. The summed E-state index contributed by atoms with van der Waals surface area (Å²) in [6.07, 6.45) is 6.94. The van der Waals surface area contributed by atoms with Crippen molar-refractivity contribution >= 4 is 16.8 Å². The summed E-state index contributed by atoms with van der Waals surface area (Å²) in [6.45, 7) is 4.87.